The lowest BCUT2D eigenvalue weighted by Gasteiger charge is -2.34. The van der Waals surface area contributed by atoms with Gasteiger partial charge in [0.15, 0.2) is 0 Å². The molecule has 3 aliphatic heterocycles. The third-order valence-corrected chi connectivity index (χ3v) is 8.07. The Kier molecular flexibility index (Phi) is 9.88. The van der Waals surface area contributed by atoms with E-state index in [0.29, 0.717) is 0 Å². The first-order valence-electron chi connectivity index (χ1n) is 12.9. The number of rotatable bonds is 6. The SMILES string of the molecule is O=C(Cc1cccs1)N[C@H]1COCC2CC(=O)OB(O2)[C@@H](NC(=O)Cc2cccs2)COCC2CC(=O)OB1O2. The molecule has 2 aromatic rings. The number of hydrogen-bond donors (Lipinski definition) is 2. The van der Waals surface area contributed by atoms with Crippen LogP contribution in [0.2, 0.25) is 0 Å². The minimum Gasteiger partial charge on any atom is -0.508 e. The summed E-state index contributed by atoms with van der Waals surface area (Å²) in [4.78, 5) is 52.1. The molecule has 12 nitrogen and oxygen atoms in total. The maximum absolute atomic E-state index is 12.7. The van der Waals surface area contributed by atoms with Gasteiger partial charge >= 0.3 is 14.2 Å². The summed E-state index contributed by atoms with van der Waals surface area (Å²) in [6.07, 6.45) is -1.15. The van der Waals surface area contributed by atoms with E-state index in [2.05, 4.69) is 10.6 Å². The summed E-state index contributed by atoms with van der Waals surface area (Å²) in [5.74, 6) is -3.17. The van der Waals surface area contributed by atoms with Crippen LogP contribution >= 0.6 is 22.7 Å². The molecule has 0 spiro atoms. The Hall–Kier alpha value is -2.75. The average molecular weight is 590 g/mol. The second-order valence-corrected chi connectivity index (χ2v) is 11.6. The average Bonchev–Trinajstić information content (AvgIpc) is 3.61. The van der Waals surface area contributed by atoms with E-state index >= 15 is 0 Å². The van der Waals surface area contributed by atoms with Crippen LogP contribution in [0.4, 0.5) is 0 Å². The highest BCUT2D eigenvalue weighted by Crippen LogP contribution is 2.19. The highest BCUT2D eigenvalue weighted by atomic mass is 32.1. The molecule has 3 fully saturated rings. The zero-order valence-corrected chi connectivity index (χ0v) is 23.1. The number of carbonyl (C=O) groups excluding carboxylic acids is 4. The fraction of sp³-hybridized carbons (Fsp3) is 0.500. The zero-order chi connectivity index (χ0) is 27.9. The number of ether oxygens (including phenoxy) is 2. The molecule has 4 atom stereocenters. The molecular formula is C24H28B2N2O10S2. The van der Waals surface area contributed by atoms with Gasteiger partial charge in [0.25, 0.3) is 11.9 Å². The molecule has 2 N–H and O–H groups in total. The van der Waals surface area contributed by atoms with E-state index in [1.54, 1.807) is 0 Å². The molecule has 2 aromatic heterocycles. The monoisotopic (exact) mass is 590 g/mol. The molecule has 3 aliphatic rings. The highest BCUT2D eigenvalue weighted by Gasteiger charge is 2.45. The van der Waals surface area contributed by atoms with Crippen LogP contribution in [0.25, 0.3) is 0 Å². The van der Waals surface area contributed by atoms with Crippen molar-refractivity contribution in [3.8, 4) is 0 Å². The first-order chi connectivity index (χ1) is 19.4. The summed E-state index contributed by atoms with van der Waals surface area (Å²) in [7, 11) is -2.20. The van der Waals surface area contributed by atoms with Crippen molar-refractivity contribution in [1.29, 1.82) is 0 Å². The summed E-state index contributed by atoms with van der Waals surface area (Å²) in [6.45, 7) is -0.155. The van der Waals surface area contributed by atoms with E-state index in [1.165, 1.54) is 22.7 Å². The minimum absolute atomic E-state index is 0.0102. The number of amides is 2. The molecule has 5 heterocycles. The number of fused-ring (bicyclic) bond motifs is 4. The van der Waals surface area contributed by atoms with Gasteiger partial charge < -0.3 is 38.7 Å². The predicted molar refractivity (Wildman–Crippen MR) is 144 cm³/mol. The first kappa shape index (κ1) is 28.8. The number of thiophene rings is 2. The van der Waals surface area contributed by atoms with E-state index < -0.39 is 50.3 Å². The summed E-state index contributed by atoms with van der Waals surface area (Å²) in [6, 6.07) is 7.42. The van der Waals surface area contributed by atoms with Gasteiger partial charge in [0.05, 0.1) is 64.3 Å². The molecule has 0 aliphatic carbocycles. The molecule has 16 heteroatoms. The quantitative estimate of drug-likeness (QED) is 0.452. The lowest BCUT2D eigenvalue weighted by atomic mass is 9.76. The third-order valence-electron chi connectivity index (χ3n) is 6.32. The number of nitrogens with one attached hydrogen (secondary N) is 2. The van der Waals surface area contributed by atoms with Crippen molar-refractivity contribution >= 4 is 60.7 Å². The second kappa shape index (κ2) is 13.7. The van der Waals surface area contributed by atoms with Gasteiger partial charge in [-0.25, -0.2) is 0 Å². The standard InChI is InChI=1S/C24H28B2N2O10S2/c29-21(9-17-3-1-5-39-17)27-19-13-33-11-16-8-24(32)38-26(36-16)20(28-22(30)10-18-4-2-6-40-18)14-34-12-15-7-23(31)37-25(19)35-15/h1-6,15-16,19-20H,7-14H2,(H,27,29)(H,28,30)/t15?,16?,19-,20-/m0/s1. The fourth-order valence-electron chi connectivity index (χ4n) is 4.50. The van der Waals surface area contributed by atoms with Crippen molar-refractivity contribution in [3.63, 3.8) is 0 Å². The molecular weight excluding hydrogens is 562 g/mol. The van der Waals surface area contributed by atoms with Crippen LogP contribution < -0.4 is 10.6 Å². The summed E-state index contributed by atoms with van der Waals surface area (Å²) < 4.78 is 34.5. The van der Waals surface area contributed by atoms with Gasteiger partial charge in [-0.3, -0.25) is 19.2 Å². The normalized spacial score (nSPS) is 25.8. The highest BCUT2D eigenvalue weighted by molar-refractivity contribution is 7.10. The van der Waals surface area contributed by atoms with Gasteiger partial charge in [-0.15, -0.1) is 22.7 Å². The van der Waals surface area contributed by atoms with E-state index in [0.717, 1.165) is 9.75 Å². The molecule has 212 valence electrons. The Morgan fingerprint density at radius 1 is 0.750 bits per heavy atom. The van der Waals surface area contributed by atoms with Gasteiger partial charge in [-0.1, -0.05) is 12.1 Å². The summed E-state index contributed by atoms with van der Waals surface area (Å²) >= 11 is 2.92. The first-order valence-corrected chi connectivity index (χ1v) is 14.7. The van der Waals surface area contributed by atoms with Gasteiger partial charge in [-0.05, 0) is 22.9 Å². The smallest absolute Gasteiger partial charge is 0.508 e. The Bertz CT molecular complexity index is 1080. The van der Waals surface area contributed by atoms with Crippen molar-refractivity contribution in [2.45, 2.75) is 49.8 Å². The molecule has 40 heavy (non-hydrogen) atoms. The lowest BCUT2D eigenvalue weighted by Crippen LogP contribution is -2.59. The van der Waals surface area contributed by atoms with Crippen LogP contribution in [-0.4, -0.2) is 88.5 Å². The Morgan fingerprint density at radius 3 is 1.60 bits per heavy atom. The number of carbonyl (C=O) groups is 4. The number of hydrogen-bond acceptors (Lipinski definition) is 12. The third kappa shape index (κ3) is 8.15. The summed E-state index contributed by atoms with van der Waals surface area (Å²) in [5.41, 5.74) is 0. The minimum atomic E-state index is -1.10. The van der Waals surface area contributed by atoms with Gasteiger partial charge in [-0.2, -0.15) is 0 Å². The van der Waals surface area contributed by atoms with Crippen molar-refractivity contribution in [2.75, 3.05) is 26.4 Å². The van der Waals surface area contributed by atoms with Crippen LogP contribution in [0.5, 0.6) is 0 Å². The molecule has 0 aromatic carbocycles. The molecule has 4 bridgehead atoms. The van der Waals surface area contributed by atoms with Crippen LogP contribution in [-0.2, 0) is 60.1 Å². The fourth-order valence-corrected chi connectivity index (χ4v) is 5.90. The largest absolute Gasteiger partial charge is 0.554 e. The topological polar surface area (TPSA) is 148 Å². The molecule has 0 radical (unpaired) electrons. The van der Waals surface area contributed by atoms with Gasteiger partial charge in [0.2, 0.25) is 11.8 Å². The summed E-state index contributed by atoms with van der Waals surface area (Å²) in [5, 5.41) is 9.45. The van der Waals surface area contributed by atoms with Crippen LogP contribution in [0.15, 0.2) is 35.0 Å². The van der Waals surface area contributed by atoms with E-state index in [-0.39, 0.29) is 63.9 Å². The zero-order valence-electron chi connectivity index (χ0n) is 21.5. The maximum atomic E-state index is 12.7. The van der Waals surface area contributed by atoms with Crippen LogP contribution in [0.1, 0.15) is 22.6 Å². The second-order valence-electron chi connectivity index (χ2n) is 9.58. The molecule has 2 amide bonds. The van der Waals surface area contributed by atoms with Gasteiger partial charge in [0.1, 0.15) is 11.9 Å². The molecule has 0 saturated carbocycles. The van der Waals surface area contributed by atoms with E-state index in [4.69, 9.17) is 28.1 Å². The molecule has 2 unspecified atom stereocenters. The van der Waals surface area contributed by atoms with Crippen molar-refractivity contribution < 1.29 is 47.3 Å². The van der Waals surface area contributed by atoms with Gasteiger partial charge in [0, 0.05) is 9.75 Å². The van der Waals surface area contributed by atoms with E-state index in [1.807, 2.05) is 35.0 Å². The van der Waals surface area contributed by atoms with Crippen LogP contribution in [0, 0.1) is 0 Å². The Labute approximate surface area is 239 Å². The van der Waals surface area contributed by atoms with Crippen molar-refractivity contribution in [2.24, 2.45) is 0 Å². The predicted octanol–water partition coefficient (Wildman–Crippen LogP) is 0.330. The van der Waals surface area contributed by atoms with Crippen molar-refractivity contribution in [3.05, 3.63) is 44.8 Å². The van der Waals surface area contributed by atoms with E-state index in [9.17, 15) is 19.2 Å². The maximum Gasteiger partial charge on any atom is 0.554 e. The van der Waals surface area contributed by atoms with Crippen LogP contribution in [0.3, 0.4) is 0 Å². The molecule has 3 saturated heterocycles. The lowest BCUT2D eigenvalue weighted by molar-refractivity contribution is -0.148. The van der Waals surface area contributed by atoms with Crippen molar-refractivity contribution in [1.82, 2.24) is 10.6 Å². The Balaban J connectivity index is 1.28. The Morgan fingerprint density at radius 2 is 1.20 bits per heavy atom. The molecule has 5 rings (SSSR count).